The molecule has 1 atom stereocenters. The zero-order valence-electron chi connectivity index (χ0n) is 8.87. The Morgan fingerprint density at radius 1 is 1.53 bits per heavy atom. The summed E-state index contributed by atoms with van der Waals surface area (Å²) in [6, 6.07) is -0.877. The van der Waals surface area contributed by atoms with Gasteiger partial charge in [0.05, 0.1) is 12.1 Å². The summed E-state index contributed by atoms with van der Waals surface area (Å²) in [5.41, 5.74) is 3.88. The minimum absolute atomic E-state index is 0.0481. The number of hydrogen-bond acceptors (Lipinski definition) is 5. The van der Waals surface area contributed by atoms with Crippen molar-refractivity contribution in [2.75, 3.05) is 25.1 Å². The molecule has 15 heavy (non-hydrogen) atoms. The van der Waals surface area contributed by atoms with Crippen molar-refractivity contribution in [1.29, 1.82) is 0 Å². The Bertz CT molecular complexity index is 233. The highest BCUT2D eigenvalue weighted by Crippen LogP contribution is 2.08. The van der Waals surface area contributed by atoms with Crippen molar-refractivity contribution in [2.45, 2.75) is 12.5 Å². The number of nitrogens with one attached hydrogen (secondary N) is 2. The van der Waals surface area contributed by atoms with Crippen molar-refractivity contribution in [1.82, 2.24) is 10.6 Å². The molecular weight excluding hydrogens is 218 g/mol. The molecule has 5 N–H and O–H groups in total. The van der Waals surface area contributed by atoms with E-state index in [1.807, 2.05) is 11.6 Å². The minimum atomic E-state index is -0.877. The molecule has 0 spiro atoms. The molecule has 0 bridgehead atoms. The molecule has 0 saturated carbocycles. The molecule has 0 aromatic rings. The molecule has 0 fully saturated rings. The van der Waals surface area contributed by atoms with E-state index >= 15 is 0 Å². The molecular formula is C8H17N3O3S. The number of thioether (sulfide) groups is 1. The molecule has 0 aliphatic carbocycles. The van der Waals surface area contributed by atoms with Gasteiger partial charge in [-0.05, 0) is 13.2 Å². The topological polar surface area (TPSA) is 104 Å². The van der Waals surface area contributed by atoms with Gasteiger partial charge in [0.1, 0.15) is 0 Å². The van der Waals surface area contributed by atoms with E-state index in [1.165, 1.54) is 11.8 Å². The van der Waals surface area contributed by atoms with Crippen molar-refractivity contribution in [3.8, 4) is 0 Å². The maximum Gasteiger partial charge on any atom is 0.318 e. The van der Waals surface area contributed by atoms with Crippen LogP contribution >= 0.6 is 11.8 Å². The zero-order valence-corrected chi connectivity index (χ0v) is 9.69. The summed E-state index contributed by atoms with van der Waals surface area (Å²) in [6.45, 7) is 1.90. The largest absolute Gasteiger partial charge is 0.388 e. The van der Waals surface area contributed by atoms with Gasteiger partial charge >= 0.3 is 6.03 Å². The molecule has 7 heteroatoms. The van der Waals surface area contributed by atoms with E-state index in [1.54, 1.807) is 6.92 Å². The predicted molar refractivity (Wildman–Crippen MR) is 59.6 cm³/mol. The Hall–Kier alpha value is -0.790. The molecule has 0 aliphatic heterocycles. The maximum atomic E-state index is 10.9. The number of carbonyl (C=O) groups is 2. The van der Waals surface area contributed by atoms with Crippen LogP contribution in [0.4, 0.5) is 4.79 Å². The SMILES string of the molecule is CSCC(C)(O)CNCC(=O)NC(N)=O. The minimum Gasteiger partial charge on any atom is -0.388 e. The molecule has 0 aromatic carbocycles. The number of amides is 3. The first-order valence-corrected chi connectivity index (χ1v) is 5.78. The number of imide groups is 1. The molecule has 0 aromatic heterocycles. The van der Waals surface area contributed by atoms with Gasteiger partial charge in [-0.25, -0.2) is 4.79 Å². The summed E-state index contributed by atoms with van der Waals surface area (Å²) in [5, 5.41) is 14.3. The lowest BCUT2D eigenvalue weighted by Crippen LogP contribution is -2.45. The second-order valence-corrected chi connectivity index (χ2v) is 4.31. The van der Waals surface area contributed by atoms with Gasteiger partial charge in [-0.15, -0.1) is 0 Å². The number of carbonyl (C=O) groups excluding carboxylic acids is 2. The molecule has 0 aliphatic rings. The van der Waals surface area contributed by atoms with Crippen LogP contribution in [0.3, 0.4) is 0 Å². The van der Waals surface area contributed by atoms with Crippen molar-refractivity contribution in [2.24, 2.45) is 5.73 Å². The first kappa shape index (κ1) is 14.2. The second-order valence-electron chi connectivity index (χ2n) is 3.45. The normalized spacial score (nSPS) is 14.3. The monoisotopic (exact) mass is 235 g/mol. The number of primary amides is 1. The van der Waals surface area contributed by atoms with E-state index in [2.05, 4.69) is 5.32 Å². The van der Waals surface area contributed by atoms with E-state index < -0.39 is 17.5 Å². The van der Waals surface area contributed by atoms with Gasteiger partial charge in [-0.3, -0.25) is 10.1 Å². The zero-order chi connectivity index (χ0) is 11.9. The summed E-state index contributed by atoms with van der Waals surface area (Å²) >= 11 is 1.51. The lowest BCUT2D eigenvalue weighted by molar-refractivity contribution is -0.119. The first-order chi connectivity index (χ1) is 6.87. The van der Waals surface area contributed by atoms with Crippen LogP contribution in [0.1, 0.15) is 6.92 Å². The fraction of sp³-hybridized carbons (Fsp3) is 0.750. The van der Waals surface area contributed by atoms with E-state index in [0.717, 1.165) is 0 Å². The van der Waals surface area contributed by atoms with Crippen molar-refractivity contribution in [3.63, 3.8) is 0 Å². The highest BCUT2D eigenvalue weighted by atomic mass is 32.2. The quantitative estimate of drug-likeness (QED) is 0.467. The van der Waals surface area contributed by atoms with Gasteiger partial charge in [-0.1, -0.05) is 0 Å². The molecule has 0 heterocycles. The van der Waals surface area contributed by atoms with Crippen molar-refractivity contribution < 1.29 is 14.7 Å². The van der Waals surface area contributed by atoms with Gasteiger partial charge < -0.3 is 16.2 Å². The average molecular weight is 235 g/mol. The molecule has 0 radical (unpaired) electrons. The van der Waals surface area contributed by atoms with Gasteiger partial charge in [0.2, 0.25) is 5.91 Å². The van der Waals surface area contributed by atoms with E-state index in [4.69, 9.17) is 5.73 Å². The van der Waals surface area contributed by atoms with Gasteiger partial charge in [0, 0.05) is 12.3 Å². The Kier molecular flexibility index (Phi) is 6.30. The second kappa shape index (κ2) is 6.65. The summed E-state index contributed by atoms with van der Waals surface area (Å²) in [4.78, 5) is 21.2. The summed E-state index contributed by atoms with van der Waals surface area (Å²) < 4.78 is 0. The Morgan fingerprint density at radius 2 is 2.13 bits per heavy atom. The molecule has 1 unspecified atom stereocenters. The third-order valence-corrected chi connectivity index (χ3v) is 2.42. The number of aliphatic hydroxyl groups is 1. The van der Waals surface area contributed by atoms with E-state index in [-0.39, 0.29) is 13.1 Å². The fourth-order valence-corrected chi connectivity index (χ4v) is 1.71. The van der Waals surface area contributed by atoms with Crippen LogP contribution in [0.25, 0.3) is 0 Å². The van der Waals surface area contributed by atoms with Gasteiger partial charge in [0.15, 0.2) is 0 Å². The Morgan fingerprint density at radius 3 is 2.60 bits per heavy atom. The Balaban J connectivity index is 3.69. The third-order valence-electron chi connectivity index (χ3n) is 1.51. The summed E-state index contributed by atoms with van der Waals surface area (Å²) in [7, 11) is 0. The first-order valence-electron chi connectivity index (χ1n) is 4.39. The maximum absolute atomic E-state index is 10.9. The fourth-order valence-electron chi connectivity index (χ4n) is 0.989. The number of nitrogens with two attached hydrogens (primary N) is 1. The van der Waals surface area contributed by atoms with E-state index in [9.17, 15) is 14.7 Å². The molecule has 3 amide bonds. The third kappa shape index (κ3) is 8.22. The van der Waals surface area contributed by atoms with Crippen LogP contribution in [-0.4, -0.2) is 47.7 Å². The summed E-state index contributed by atoms with van der Waals surface area (Å²) in [6.07, 6.45) is 1.88. The standard InChI is InChI=1S/C8H17N3O3S/c1-8(14,5-15-2)4-10-3-6(12)11-7(9)13/h10,14H,3-5H2,1-2H3,(H3,9,11,12,13). The van der Waals surface area contributed by atoms with E-state index in [0.29, 0.717) is 5.75 Å². The van der Waals surface area contributed by atoms with Crippen LogP contribution < -0.4 is 16.4 Å². The lowest BCUT2D eigenvalue weighted by Gasteiger charge is -2.22. The number of rotatable bonds is 6. The molecule has 0 rings (SSSR count). The van der Waals surface area contributed by atoms with Crippen molar-refractivity contribution in [3.05, 3.63) is 0 Å². The van der Waals surface area contributed by atoms with Crippen LogP contribution in [0.2, 0.25) is 0 Å². The molecule has 0 saturated heterocycles. The Labute approximate surface area is 93.0 Å². The highest BCUT2D eigenvalue weighted by Gasteiger charge is 2.19. The molecule has 6 nitrogen and oxygen atoms in total. The number of urea groups is 1. The van der Waals surface area contributed by atoms with Gasteiger partial charge in [0.25, 0.3) is 0 Å². The van der Waals surface area contributed by atoms with Crippen LogP contribution in [0.5, 0.6) is 0 Å². The predicted octanol–water partition coefficient (Wildman–Crippen LogP) is -1.12. The van der Waals surface area contributed by atoms with Gasteiger partial charge in [-0.2, -0.15) is 11.8 Å². The van der Waals surface area contributed by atoms with Crippen molar-refractivity contribution >= 4 is 23.7 Å². The van der Waals surface area contributed by atoms with Crippen LogP contribution in [0, 0.1) is 0 Å². The van der Waals surface area contributed by atoms with Crippen LogP contribution in [0.15, 0.2) is 0 Å². The smallest absolute Gasteiger partial charge is 0.318 e. The summed E-state index contributed by atoms with van der Waals surface area (Å²) in [5.74, 6) is 0.0553. The molecule has 88 valence electrons. The number of hydrogen-bond donors (Lipinski definition) is 4. The highest BCUT2D eigenvalue weighted by molar-refractivity contribution is 7.98. The van der Waals surface area contributed by atoms with Crippen LogP contribution in [-0.2, 0) is 4.79 Å². The average Bonchev–Trinajstić information content (AvgIpc) is 2.01. The lowest BCUT2D eigenvalue weighted by atomic mass is 10.1.